The van der Waals surface area contributed by atoms with Gasteiger partial charge in [0, 0.05) is 23.0 Å². The minimum atomic E-state index is -0.214. The number of amides is 2. The molecule has 0 saturated heterocycles. The second kappa shape index (κ2) is 5.67. The third-order valence-electron chi connectivity index (χ3n) is 6.30. The fourth-order valence-electron chi connectivity index (χ4n) is 5.12. The van der Waals surface area contributed by atoms with Gasteiger partial charge in [0.25, 0.3) is 11.8 Å². The Balaban J connectivity index is 1.55. The topological polar surface area (TPSA) is 46.6 Å². The van der Waals surface area contributed by atoms with E-state index >= 15 is 0 Å². The van der Waals surface area contributed by atoms with Crippen molar-refractivity contribution in [1.29, 1.82) is 0 Å². The molecule has 4 heteroatoms. The summed E-state index contributed by atoms with van der Waals surface area (Å²) in [4.78, 5) is 28.4. The van der Waals surface area contributed by atoms with E-state index in [1.54, 1.807) is 31.4 Å². The van der Waals surface area contributed by atoms with Crippen LogP contribution in [0.3, 0.4) is 0 Å². The lowest BCUT2D eigenvalue weighted by Crippen LogP contribution is -2.31. The molecule has 0 unspecified atom stereocenters. The zero-order valence-electron chi connectivity index (χ0n) is 15.8. The number of carbonyl (C=O) groups is 2. The monoisotopic (exact) mass is 379 g/mol. The van der Waals surface area contributed by atoms with Crippen molar-refractivity contribution < 1.29 is 14.3 Å². The summed E-state index contributed by atoms with van der Waals surface area (Å²) in [7, 11) is 1.59. The lowest BCUT2D eigenvalue weighted by atomic mass is 9.61. The molecule has 0 aromatic heterocycles. The highest BCUT2D eigenvalue weighted by molar-refractivity contribution is 6.35. The summed E-state index contributed by atoms with van der Waals surface area (Å²) in [6.45, 7) is 0. The van der Waals surface area contributed by atoms with Crippen molar-refractivity contribution in [2.24, 2.45) is 0 Å². The van der Waals surface area contributed by atoms with E-state index in [4.69, 9.17) is 4.74 Å². The molecule has 29 heavy (non-hydrogen) atoms. The fraction of sp³-hybridized carbons (Fsp3) is 0.120. The van der Waals surface area contributed by atoms with Gasteiger partial charge in [0.05, 0.1) is 12.8 Å². The van der Waals surface area contributed by atoms with E-state index < -0.39 is 0 Å². The van der Waals surface area contributed by atoms with E-state index in [1.807, 2.05) is 24.3 Å². The second-order valence-electron chi connectivity index (χ2n) is 7.59. The molecule has 3 aromatic rings. The van der Waals surface area contributed by atoms with Crippen molar-refractivity contribution in [2.75, 3.05) is 12.0 Å². The molecule has 0 saturated carbocycles. The van der Waals surface area contributed by atoms with E-state index in [9.17, 15) is 9.59 Å². The minimum absolute atomic E-state index is 0.193. The molecule has 0 radical (unpaired) electrons. The summed E-state index contributed by atoms with van der Waals surface area (Å²) in [6.07, 6.45) is 0. The Kier molecular flexibility index (Phi) is 3.19. The zero-order valence-corrected chi connectivity index (χ0v) is 15.8. The number of rotatable bonds is 2. The predicted octanol–water partition coefficient (Wildman–Crippen LogP) is 4.16. The largest absolute Gasteiger partial charge is 0.497 e. The zero-order chi connectivity index (χ0) is 19.7. The predicted molar refractivity (Wildman–Crippen MR) is 109 cm³/mol. The molecule has 7 rings (SSSR count). The molecule has 1 heterocycles. The van der Waals surface area contributed by atoms with Crippen LogP contribution >= 0.6 is 0 Å². The number of ether oxygens (including phenoxy) is 1. The first kappa shape index (κ1) is 16.3. The van der Waals surface area contributed by atoms with Crippen molar-refractivity contribution in [1.82, 2.24) is 0 Å². The van der Waals surface area contributed by atoms with Gasteiger partial charge in [-0.1, -0.05) is 48.5 Å². The van der Waals surface area contributed by atoms with Gasteiger partial charge in [-0.2, -0.15) is 0 Å². The smallest absolute Gasteiger partial charge is 0.262 e. The van der Waals surface area contributed by atoms with Crippen molar-refractivity contribution in [3.05, 3.63) is 106 Å². The molecule has 0 spiro atoms. The van der Waals surface area contributed by atoms with E-state index in [1.165, 1.54) is 4.90 Å². The van der Waals surface area contributed by atoms with Crippen LogP contribution in [0.2, 0.25) is 0 Å². The normalized spacial score (nSPS) is 21.2. The molecule has 4 aliphatic rings. The molecule has 0 atom stereocenters. The number of imide groups is 1. The van der Waals surface area contributed by atoms with Crippen LogP contribution < -0.4 is 9.64 Å². The lowest BCUT2D eigenvalue weighted by molar-refractivity contribution is -0.120. The maximum absolute atomic E-state index is 13.5. The van der Waals surface area contributed by atoms with Crippen molar-refractivity contribution in [3.63, 3.8) is 0 Å². The molecular formula is C25H17NO3. The SMILES string of the molecule is COc1ccc(N2C(=O)C3=C(C2=O)C2c4ccccc4C3c3ccccc32)cc1. The quantitative estimate of drug-likeness (QED) is 0.628. The van der Waals surface area contributed by atoms with Crippen LogP contribution in [-0.2, 0) is 9.59 Å². The van der Waals surface area contributed by atoms with E-state index in [2.05, 4.69) is 24.3 Å². The van der Waals surface area contributed by atoms with Gasteiger partial charge >= 0.3 is 0 Å². The van der Waals surface area contributed by atoms with Crippen LogP contribution in [0.4, 0.5) is 5.69 Å². The van der Waals surface area contributed by atoms with Crippen LogP contribution in [0.1, 0.15) is 34.1 Å². The molecule has 2 amide bonds. The highest BCUT2D eigenvalue weighted by Gasteiger charge is 2.53. The lowest BCUT2D eigenvalue weighted by Gasteiger charge is -2.39. The van der Waals surface area contributed by atoms with Gasteiger partial charge in [0.1, 0.15) is 5.75 Å². The van der Waals surface area contributed by atoms with Crippen LogP contribution in [0.25, 0.3) is 0 Å². The summed E-state index contributed by atoms with van der Waals surface area (Å²) in [5.74, 6) is -0.127. The van der Waals surface area contributed by atoms with Gasteiger partial charge in [-0.05, 0) is 46.5 Å². The standard InChI is InChI=1S/C25H17NO3/c1-29-15-12-10-14(11-13-15)26-24(27)22-20-16-6-2-3-7-17(16)21(23(22)25(26)28)19-9-5-4-8-18(19)20/h2-13,20-21H,1H3. The average molecular weight is 379 g/mol. The molecule has 2 bridgehead atoms. The first-order chi connectivity index (χ1) is 14.2. The first-order valence-electron chi connectivity index (χ1n) is 9.65. The third-order valence-corrected chi connectivity index (χ3v) is 6.30. The number of nitrogens with zero attached hydrogens (tertiary/aromatic N) is 1. The number of carbonyl (C=O) groups excluding carboxylic acids is 2. The van der Waals surface area contributed by atoms with Gasteiger partial charge in [-0.25, -0.2) is 4.90 Å². The number of hydrogen-bond acceptors (Lipinski definition) is 3. The Morgan fingerprint density at radius 3 is 1.45 bits per heavy atom. The van der Waals surface area contributed by atoms with Crippen LogP contribution in [0.5, 0.6) is 5.75 Å². The number of methoxy groups -OCH3 is 1. The summed E-state index contributed by atoms with van der Waals surface area (Å²) in [5, 5.41) is 0. The van der Waals surface area contributed by atoms with Crippen molar-refractivity contribution in [2.45, 2.75) is 11.8 Å². The summed E-state index contributed by atoms with van der Waals surface area (Å²) in [6, 6.07) is 23.4. The maximum Gasteiger partial charge on any atom is 0.262 e. The average Bonchev–Trinajstić information content (AvgIpc) is 3.04. The van der Waals surface area contributed by atoms with Crippen molar-refractivity contribution >= 4 is 17.5 Å². The maximum atomic E-state index is 13.5. The Morgan fingerprint density at radius 2 is 1.07 bits per heavy atom. The Hall–Kier alpha value is -3.66. The van der Waals surface area contributed by atoms with E-state index in [-0.39, 0.29) is 23.7 Å². The molecular weight excluding hydrogens is 362 g/mol. The molecule has 140 valence electrons. The van der Waals surface area contributed by atoms with E-state index in [0.717, 1.165) is 22.3 Å². The highest BCUT2D eigenvalue weighted by atomic mass is 16.5. The third kappa shape index (κ3) is 1.98. The van der Waals surface area contributed by atoms with Gasteiger partial charge in [0.2, 0.25) is 0 Å². The molecule has 1 aliphatic heterocycles. The molecule has 0 fully saturated rings. The summed E-state index contributed by atoms with van der Waals surface area (Å²) in [5.41, 5.74) is 6.37. The summed E-state index contributed by atoms with van der Waals surface area (Å²) < 4.78 is 5.21. The first-order valence-corrected chi connectivity index (χ1v) is 9.65. The number of anilines is 1. The second-order valence-corrected chi connectivity index (χ2v) is 7.59. The molecule has 3 aromatic carbocycles. The minimum Gasteiger partial charge on any atom is -0.497 e. The molecule has 4 nitrogen and oxygen atoms in total. The van der Waals surface area contributed by atoms with Crippen LogP contribution in [-0.4, -0.2) is 18.9 Å². The van der Waals surface area contributed by atoms with Gasteiger partial charge < -0.3 is 4.74 Å². The number of hydrogen-bond donors (Lipinski definition) is 0. The Morgan fingerprint density at radius 1 is 0.655 bits per heavy atom. The van der Waals surface area contributed by atoms with Gasteiger partial charge in [0.15, 0.2) is 0 Å². The highest BCUT2D eigenvalue weighted by Crippen LogP contribution is 2.58. The van der Waals surface area contributed by atoms with Gasteiger partial charge in [-0.15, -0.1) is 0 Å². The number of benzene rings is 3. The molecule has 3 aliphatic carbocycles. The fourth-order valence-corrected chi connectivity index (χ4v) is 5.12. The summed E-state index contributed by atoms with van der Waals surface area (Å²) >= 11 is 0. The van der Waals surface area contributed by atoms with E-state index in [0.29, 0.717) is 22.6 Å². The van der Waals surface area contributed by atoms with Crippen molar-refractivity contribution in [3.8, 4) is 5.75 Å². The van der Waals surface area contributed by atoms with Gasteiger partial charge in [-0.3, -0.25) is 9.59 Å². The van der Waals surface area contributed by atoms with Crippen LogP contribution in [0, 0.1) is 0 Å². The Labute approximate surface area is 168 Å². The van der Waals surface area contributed by atoms with Crippen LogP contribution in [0.15, 0.2) is 83.9 Å². The molecule has 0 N–H and O–H groups in total. The Bertz CT molecular complexity index is 1120.